The molecule has 0 aliphatic carbocycles. The molecule has 0 aliphatic rings. The average molecular weight is 268 g/mol. The monoisotopic (exact) mass is 268 g/mol. The zero-order valence-corrected chi connectivity index (χ0v) is 9.98. The van der Waals surface area contributed by atoms with E-state index in [1.165, 1.54) is 5.51 Å². The largest absolute Gasteiger partial charge is 0.468 e. The number of methoxy groups -OCH3 is 1. The summed E-state index contributed by atoms with van der Waals surface area (Å²) in [6.45, 7) is 0.362. The molecule has 17 heavy (non-hydrogen) atoms. The predicted octanol–water partition coefficient (Wildman–Crippen LogP) is 1.82. The van der Waals surface area contributed by atoms with Gasteiger partial charge in [-0.25, -0.2) is 9.78 Å². The number of aromatic nitrogens is 1. The second-order valence-corrected chi connectivity index (χ2v) is 4.14. The quantitative estimate of drug-likeness (QED) is 0.846. The van der Waals surface area contributed by atoms with E-state index in [4.69, 9.17) is 0 Å². The minimum absolute atomic E-state index is 0.432. The third kappa shape index (κ3) is 3.97. The smallest absolute Gasteiger partial charge is 0.401 e. The van der Waals surface area contributed by atoms with E-state index in [2.05, 4.69) is 15.0 Å². The van der Waals surface area contributed by atoms with Crippen molar-refractivity contribution in [2.45, 2.75) is 19.1 Å². The van der Waals surface area contributed by atoms with Gasteiger partial charge < -0.3 is 4.74 Å². The van der Waals surface area contributed by atoms with Gasteiger partial charge in [-0.2, -0.15) is 13.2 Å². The lowest BCUT2D eigenvalue weighted by Crippen LogP contribution is -2.36. The predicted molar refractivity (Wildman–Crippen MR) is 55.7 cm³/mol. The molecule has 1 heterocycles. The second kappa shape index (κ2) is 5.46. The summed E-state index contributed by atoms with van der Waals surface area (Å²) in [5, 5.41) is 2.12. The fourth-order valence-electron chi connectivity index (χ4n) is 1.21. The Kier molecular flexibility index (Phi) is 4.47. The Hall–Kier alpha value is -1.15. The highest BCUT2D eigenvalue weighted by Gasteiger charge is 2.32. The number of carbonyl (C=O) groups excluding carboxylic acids is 1. The van der Waals surface area contributed by atoms with E-state index < -0.39 is 24.7 Å². The van der Waals surface area contributed by atoms with Crippen LogP contribution in [0.25, 0.3) is 0 Å². The van der Waals surface area contributed by atoms with Crippen molar-refractivity contribution in [3.05, 3.63) is 16.1 Å². The van der Waals surface area contributed by atoms with E-state index in [0.717, 1.165) is 18.4 Å². The number of thiazole rings is 1. The molecule has 0 amide bonds. The maximum Gasteiger partial charge on any atom is 0.401 e. The number of carbonyl (C=O) groups is 1. The van der Waals surface area contributed by atoms with E-state index >= 15 is 0 Å². The molecule has 8 heteroatoms. The molecule has 96 valence electrons. The second-order valence-electron chi connectivity index (χ2n) is 3.25. The number of hydrogen-bond acceptors (Lipinski definition) is 5. The maximum atomic E-state index is 12.1. The number of alkyl halides is 3. The lowest BCUT2D eigenvalue weighted by molar-refractivity contribution is -0.146. The zero-order valence-electron chi connectivity index (χ0n) is 9.17. The molecule has 1 unspecified atom stereocenters. The Morgan fingerprint density at radius 3 is 2.71 bits per heavy atom. The van der Waals surface area contributed by atoms with Crippen LogP contribution in [-0.4, -0.2) is 30.8 Å². The van der Waals surface area contributed by atoms with Gasteiger partial charge >= 0.3 is 12.1 Å². The summed E-state index contributed by atoms with van der Waals surface area (Å²) in [5.41, 5.74) is 1.98. The third-order valence-electron chi connectivity index (χ3n) is 1.99. The third-order valence-corrected chi connectivity index (χ3v) is 2.98. The summed E-state index contributed by atoms with van der Waals surface area (Å²) in [7, 11) is 1.13. The summed E-state index contributed by atoms with van der Waals surface area (Å²) in [6.07, 6.45) is -4.38. The van der Waals surface area contributed by atoms with Crippen LogP contribution in [0.15, 0.2) is 5.51 Å². The molecule has 1 N–H and O–H groups in total. The number of rotatable bonds is 4. The van der Waals surface area contributed by atoms with E-state index in [0.29, 0.717) is 10.6 Å². The van der Waals surface area contributed by atoms with E-state index in [1.807, 2.05) is 0 Å². The van der Waals surface area contributed by atoms with Crippen LogP contribution in [0, 0.1) is 6.92 Å². The van der Waals surface area contributed by atoms with Crippen LogP contribution in [-0.2, 0) is 9.53 Å². The molecule has 0 fully saturated rings. The van der Waals surface area contributed by atoms with Gasteiger partial charge in [-0.1, -0.05) is 0 Å². The first-order valence-corrected chi connectivity index (χ1v) is 5.51. The number of hydrogen-bond donors (Lipinski definition) is 1. The van der Waals surface area contributed by atoms with E-state index in [-0.39, 0.29) is 0 Å². The Balaban J connectivity index is 2.83. The highest BCUT2D eigenvalue weighted by Crippen LogP contribution is 2.24. The van der Waals surface area contributed by atoms with Gasteiger partial charge in [-0.15, -0.1) is 11.3 Å². The molecule has 0 bridgehead atoms. The molecule has 0 radical (unpaired) electrons. The van der Waals surface area contributed by atoms with Crippen molar-refractivity contribution in [1.29, 1.82) is 0 Å². The van der Waals surface area contributed by atoms with Crippen LogP contribution in [0.4, 0.5) is 13.2 Å². The van der Waals surface area contributed by atoms with Gasteiger partial charge in [-0.05, 0) is 6.92 Å². The SMILES string of the molecule is COC(=O)C(NCC(F)(F)F)c1scnc1C. The van der Waals surface area contributed by atoms with Crippen LogP contribution in [0.3, 0.4) is 0 Å². The lowest BCUT2D eigenvalue weighted by atomic mass is 10.2. The molecule has 1 aromatic rings. The van der Waals surface area contributed by atoms with Gasteiger partial charge in [0.05, 0.1) is 29.7 Å². The number of nitrogens with one attached hydrogen (secondary N) is 1. The first-order valence-electron chi connectivity index (χ1n) is 4.63. The van der Waals surface area contributed by atoms with Crippen molar-refractivity contribution in [2.75, 3.05) is 13.7 Å². The molecule has 0 saturated carbocycles. The zero-order chi connectivity index (χ0) is 13.1. The molecule has 0 aliphatic heterocycles. The molecule has 1 rings (SSSR count). The molecule has 1 atom stereocenters. The van der Waals surface area contributed by atoms with Gasteiger partial charge in [-0.3, -0.25) is 5.32 Å². The molecule has 0 saturated heterocycles. The lowest BCUT2D eigenvalue weighted by Gasteiger charge is -2.16. The van der Waals surface area contributed by atoms with Crippen molar-refractivity contribution in [3.8, 4) is 0 Å². The number of halogens is 3. The van der Waals surface area contributed by atoms with Crippen LogP contribution in [0.2, 0.25) is 0 Å². The fraction of sp³-hybridized carbons (Fsp3) is 0.556. The van der Waals surface area contributed by atoms with Gasteiger partial charge in [0.1, 0.15) is 6.04 Å². The minimum Gasteiger partial charge on any atom is -0.468 e. The number of aryl methyl sites for hydroxylation is 1. The molecular weight excluding hydrogens is 257 g/mol. The first-order chi connectivity index (χ1) is 7.85. The highest BCUT2D eigenvalue weighted by molar-refractivity contribution is 7.10. The minimum atomic E-state index is -4.38. The highest BCUT2D eigenvalue weighted by atomic mass is 32.1. The van der Waals surface area contributed by atoms with E-state index in [1.54, 1.807) is 6.92 Å². The summed E-state index contributed by atoms with van der Waals surface area (Å²) < 4.78 is 40.8. The Labute approximate surface area is 99.8 Å². The van der Waals surface area contributed by atoms with Crippen molar-refractivity contribution in [3.63, 3.8) is 0 Å². The van der Waals surface area contributed by atoms with Crippen LogP contribution in [0.1, 0.15) is 16.6 Å². The Morgan fingerprint density at radius 1 is 1.65 bits per heavy atom. The van der Waals surface area contributed by atoms with Crippen molar-refractivity contribution < 1.29 is 22.7 Å². The summed E-state index contributed by atoms with van der Waals surface area (Å²) >= 11 is 1.11. The molecule has 0 spiro atoms. The van der Waals surface area contributed by atoms with Gasteiger partial charge in [0.2, 0.25) is 0 Å². The number of nitrogens with zero attached hydrogens (tertiary/aromatic N) is 1. The Bertz CT molecular complexity index is 392. The Morgan fingerprint density at radius 2 is 2.29 bits per heavy atom. The van der Waals surface area contributed by atoms with Crippen molar-refractivity contribution >= 4 is 17.3 Å². The molecule has 4 nitrogen and oxygen atoms in total. The van der Waals surface area contributed by atoms with Gasteiger partial charge in [0.15, 0.2) is 0 Å². The fourth-order valence-corrected chi connectivity index (χ4v) is 2.07. The first kappa shape index (κ1) is 13.9. The number of ether oxygens (including phenoxy) is 1. The summed E-state index contributed by atoms with van der Waals surface area (Å²) in [5.74, 6) is -0.762. The molecule has 0 aromatic carbocycles. The molecule has 1 aromatic heterocycles. The number of esters is 1. The van der Waals surface area contributed by atoms with Crippen LogP contribution in [0.5, 0.6) is 0 Å². The topological polar surface area (TPSA) is 51.2 Å². The van der Waals surface area contributed by atoms with Crippen molar-refractivity contribution in [1.82, 2.24) is 10.3 Å². The standard InChI is InChI=1S/C9H11F3N2O2S/c1-5-7(17-4-14-5)6(8(15)16-2)13-3-9(10,11)12/h4,6,13H,3H2,1-2H3. The van der Waals surface area contributed by atoms with Gasteiger partial charge in [0.25, 0.3) is 0 Å². The average Bonchev–Trinajstić information content (AvgIpc) is 2.63. The van der Waals surface area contributed by atoms with Crippen LogP contribution >= 0.6 is 11.3 Å². The summed E-state index contributed by atoms with van der Waals surface area (Å²) in [6, 6.07) is -1.13. The summed E-state index contributed by atoms with van der Waals surface area (Å²) in [4.78, 5) is 15.7. The van der Waals surface area contributed by atoms with Crippen LogP contribution < -0.4 is 5.32 Å². The van der Waals surface area contributed by atoms with E-state index in [9.17, 15) is 18.0 Å². The van der Waals surface area contributed by atoms with Gasteiger partial charge in [0, 0.05) is 0 Å². The maximum absolute atomic E-state index is 12.1. The normalized spacial score (nSPS) is 13.5. The molecular formula is C9H11F3N2O2S. The van der Waals surface area contributed by atoms with Crippen molar-refractivity contribution in [2.24, 2.45) is 0 Å².